The number of piperazine rings is 1. The van der Waals surface area contributed by atoms with Crippen molar-refractivity contribution in [2.45, 2.75) is 6.54 Å². The Hall–Kier alpha value is -2.80. The summed E-state index contributed by atoms with van der Waals surface area (Å²) in [5.41, 5.74) is 0.854. The molecule has 0 bridgehead atoms. The molecule has 7 nitrogen and oxygen atoms in total. The van der Waals surface area contributed by atoms with Gasteiger partial charge in [0.15, 0.2) is 11.5 Å². The summed E-state index contributed by atoms with van der Waals surface area (Å²) in [5, 5.41) is 4.09. The van der Waals surface area contributed by atoms with Gasteiger partial charge in [-0.1, -0.05) is 5.16 Å². The third kappa shape index (κ3) is 2.98. The maximum absolute atomic E-state index is 12.2. The number of aromatic nitrogens is 1. The summed E-state index contributed by atoms with van der Waals surface area (Å²) in [5.74, 6) is 1.63. The van der Waals surface area contributed by atoms with Crippen LogP contribution in [0.4, 0.5) is 0 Å². The largest absolute Gasteiger partial charge is 0.461 e. The van der Waals surface area contributed by atoms with E-state index in [0.29, 0.717) is 36.9 Å². The van der Waals surface area contributed by atoms with E-state index in [9.17, 15) is 4.79 Å². The standard InChI is InChI=1S/C17H17N3O4/c21-17(15-4-2-10-23-15)20-7-5-19(6-8-20)12-13-11-16(24-18-13)14-3-1-9-22-14/h1-4,9-11H,5-8,12H2. The van der Waals surface area contributed by atoms with Gasteiger partial charge >= 0.3 is 0 Å². The molecule has 24 heavy (non-hydrogen) atoms. The summed E-state index contributed by atoms with van der Waals surface area (Å²) in [7, 11) is 0. The molecule has 1 saturated heterocycles. The highest BCUT2D eigenvalue weighted by Crippen LogP contribution is 2.21. The fraction of sp³-hybridized carbons (Fsp3) is 0.294. The van der Waals surface area contributed by atoms with Crippen LogP contribution >= 0.6 is 0 Å². The molecule has 1 fully saturated rings. The number of nitrogens with zero attached hydrogens (tertiary/aromatic N) is 3. The van der Waals surface area contributed by atoms with Gasteiger partial charge in [-0.2, -0.15) is 0 Å². The van der Waals surface area contributed by atoms with Crippen LogP contribution in [0.3, 0.4) is 0 Å². The monoisotopic (exact) mass is 327 g/mol. The Labute approximate surface area is 138 Å². The van der Waals surface area contributed by atoms with Crippen LogP contribution in [0.1, 0.15) is 16.2 Å². The predicted octanol–water partition coefficient (Wildman–Crippen LogP) is 2.49. The van der Waals surface area contributed by atoms with Crippen LogP contribution in [0.25, 0.3) is 11.5 Å². The maximum atomic E-state index is 12.2. The first-order chi connectivity index (χ1) is 11.8. The van der Waals surface area contributed by atoms with Crippen molar-refractivity contribution in [3.8, 4) is 11.5 Å². The van der Waals surface area contributed by atoms with Crippen molar-refractivity contribution in [2.75, 3.05) is 26.2 Å². The molecule has 7 heteroatoms. The molecule has 0 radical (unpaired) electrons. The number of carbonyl (C=O) groups is 1. The van der Waals surface area contributed by atoms with Gasteiger partial charge in [0.05, 0.1) is 18.2 Å². The van der Waals surface area contributed by atoms with Gasteiger partial charge in [-0.25, -0.2) is 0 Å². The van der Waals surface area contributed by atoms with Crippen LogP contribution < -0.4 is 0 Å². The van der Waals surface area contributed by atoms with Crippen molar-refractivity contribution in [3.05, 3.63) is 54.3 Å². The van der Waals surface area contributed by atoms with Gasteiger partial charge in [-0.15, -0.1) is 0 Å². The summed E-state index contributed by atoms with van der Waals surface area (Å²) in [6.45, 7) is 3.60. The van der Waals surface area contributed by atoms with E-state index < -0.39 is 0 Å². The van der Waals surface area contributed by atoms with Crippen molar-refractivity contribution in [1.29, 1.82) is 0 Å². The maximum Gasteiger partial charge on any atom is 0.289 e. The molecule has 0 aliphatic carbocycles. The van der Waals surface area contributed by atoms with Crippen molar-refractivity contribution < 1.29 is 18.2 Å². The van der Waals surface area contributed by atoms with Crippen molar-refractivity contribution in [1.82, 2.24) is 15.0 Å². The van der Waals surface area contributed by atoms with Gasteiger partial charge in [0.25, 0.3) is 5.91 Å². The van der Waals surface area contributed by atoms with E-state index in [2.05, 4.69) is 10.1 Å². The molecule has 0 spiro atoms. The smallest absolute Gasteiger partial charge is 0.289 e. The average molecular weight is 327 g/mol. The molecule has 4 rings (SSSR count). The van der Waals surface area contributed by atoms with E-state index in [1.807, 2.05) is 23.1 Å². The Kier molecular flexibility index (Phi) is 3.92. The topological polar surface area (TPSA) is 75.9 Å². The van der Waals surface area contributed by atoms with Crippen LogP contribution in [-0.4, -0.2) is 47.0 Å². The Morgan fingerprint density at radius 2 is 1.83 bits per heavy atom. The Morgan fingerprint density at radius 3 is 2.54 bits per heavy atom. The van der Waals surface area contributed by atoms with Crippen molar-refractivity contribution in [3.63, 3.8) is 0 Å². The number of amides is 1. The lowest BCUT2D eigenvalue weighted by Crippen LogP contribution is -2.48. The molecule has 3 aromatic heterocycles. The van der Waals surface area contributed by atoms with E-state index in [0.717, 1.165) is 18.8 Å². The summed E-state index contributed by atoms with van der Waals surface area (Å²) >= 11 is 0. The SMILES string of the molecule is O=C(c1ccco1)N1CCN(Cc2cc(-c3ccco3)on2)CC1. The quantitative estimate of drug-likeness (QED) is 0.733. The fourth-order valence-electron chi connectivity index (χ4n) is 2.82. The molecule has 1 aliphatic rings. The van der Waals surface area contributed by atoms with Crippen LogP contribution in [-0.2, 0) is 6.54 Å². The zero-order valence-corrected chi connectivity index (χ0v) is 13.1. The minimum absolute atomic E-state index is 0.0545. The van der Waals surface area contributed by atoms with Gasteiger partial charge in [0.1, 0.15) is 0 Å². The molecule has 1 aliphatic heterocycles. The molecule has 0 unspecified atom stereocenters. The number of carbonyl (C=O) groups excluding carboxylic acids is 1. The summed E-state index contributed by atoms with van der Waals surface area (Å²) in [4.78, 5) is 16.3. The van der Waals surface area contributed by atoms with Gasteiger partial charge in [0, 0.05) is 38.8 Å². The van der Waals surface area contributed by atoms with E-state index in [4.69, 9.17) is 13.4 Å². The Balaban J connectivity index is 1.33. The lowest BCUT2D eigenvalue weighted by Gasteiger charge is -2.33. The highest BCUT2D eigenvalue weighted by Gasteiger charge is 2.24. The average Bonchev–Trinajstić information content (AvgIpc) is 3.36. The Bertz CT molecular complexity index is 784. The first kappa shape index (κ1) is 14.8. The molecule has 0 saturated carbocycles. The molecule has 4 heterocycles. The normalized spacial score (nSPS) is 15.8. The second-order valence-corrected chi connectivity index (χ2v) is 5.71. The fourth-order valence-corrected chi connectivity index (χ4v) is 2.82. The summed E-state index contributed by atoms with van der Waals surface area (Å²) in [6, 6.07) is 8.96. The summed E-state index contributed by atoms with van der Waals surface area (Å²) < 4.78 is 15.8. The van der Waals surface area contributed by atoms with Crippen LogP contribution in [0.15, 0.2) is 56.2 Å². The minimum Gasteiger partial charge on any atom is -0.461 e. The molecular weight excluding hydrogens is 310 g/mol. The Morgan fingerprint density at radius 1 is 1.04 bits per heavy atom. The van der Waals surface area contributed by atoms with Crippen LogP contribution in [0.2, 0.25) is 0 Å². The molecule has 0 aromatic carbocycles. The van der Waals surface area contributed by atoms with E-state index >= 15 is 0 Å². The second-order valence-electron chi connectivity index (χ2n) is 5.71. The molecule has 0 atom stereocenters. The zero-order valence-electron chi connectivity index (χ0n) is 13.1. The molecule has 3 aromatic rings. The number of furan rings is 2. The summed E-state index contributed by atoms with van der Waals surface area (Å²) in [6.07, 6.45) is 3.12. The van der Waals surface area contributed by atoms with Gasteiger partial charge in [-0.05, 0) is 24.3 Å². The van der Waals surface area contributed by atoms with Crippen molar-refractivity contribution in [2.24, 2.45) is 0 Å². The molecule has 124 valence electrons. The highest BCUT2D eigenvalue weighted by molar-refractivity contribution is 5.91. The van der Waals surface area contributed by atoms with E-state index in [1.54, 1.807) is 18.4 Å². The highest BCUT2D eigenvalue weighted by atomic mass is 16.5. The lowest BCUT2D eigenvalue weighted by molar-refractivity contribution is 0.0595. The van der Waals surface area contributed by atoms with E-state index in [-0.39, 0.29) is 5.91 Å². The zero-order chi connectivity index (χ0) is 16.4. The third-order valence-electron chi connectivity index (χ3n) is 4.10. The lowest BCUT2D eigenvalue weighted by atomic mass is 10.2. The first-order valence-electron chi connectivity index (χ1n) is 7.84. The predicted molar refractivity (Wildman–Crippen MR) is 84.1 cm³/mol. The molecule has 1 amide bonds. The number of hydrogen-bond donors (Lipinski definition) is 0. The van der Waals surface area contributed by atoms with Gasteiger partial charge in [-0.3, -0.25) is 9.69 Å². The van der Waals surface area contributed by atoms with Crippen LogP contribution in [0, 0.1) is 0 Å². The van der Waals surface area contributed by atoms with Crippen LogP contribution in [0.5, 0.6) is 0 Å². The first-order valence-corrected chi connectivity index (χ1v) is 7.84. The number of rotatable bonds is 4. The van der Waals surface area contributed by atoms with Gasteiger partial charge < -0.3 is 18.3 Å². The van der Waals surface area contributed by atoms with E-state index in [1.165, 1.54) is 6.26 Å². The number of hydrogen-bond acceptors (Lipinski definition) is 6. The molecular formula is C17H17N3O4. The third-order valence-corrected chi connectivity index (χ3v) is 4.10. The van der Waals surface area contributed by atoms with Gasteiger partial charge in [0.2, 0.25) is 5.76 Å². The second kappa shape index (κ2) is 6.37. The minimum atomic E-state index is -0.0545. The molecule has 0 N–H and O–H groups in total. The van der Waals surface area contributed by atoms with Crippen molar-refractivity contribution >= 4 is 5.91 Å².